The van der Waals surface area contributed by atoms with Gasteiger partial charge in [-0.2, -0.15) is 0 Å². The number of amides is 2. The summed E-state index contributed by atoms with van der Waals surface area (Å²) in [7, 11) is 1.62. The Balaban J connectivity index is 1.92. The predicted molar refractivity (Wildman–Crippen MR) is 91.5 cm³/mol. The Morgan fingerprint density at radius 1 is 1.39 bits per heavy atom. The highest BCUT2D eigenvalue weighted by Gasteiger charge is 2.61. The van der Waals surface area contributed by atoms with E-state index in [0.717, 1.165) is 30.6 Å². The smallest absolute Gasteiger partial charge is 0.246 e. The van der Waals surface area contributed by atoms with Gasteiger partial charge in [-0.25, -0.2) is 0 Å². The zero-order valence-electron chi connectivity index (χ0n) is 12.6. The average molecular weight is 350 g/mol. The van der Waals surface area contributed by atoms with Gasteiger partial charge < -0.3 is 10.2 Å². The Kier molecular flexibility index (Phi) is 3.19. The number of thiocarbonyl (C=S) groups is 1. The monoisotopic (exact) mass is 349 g/mol. The number of benzene rings is 1. The fourth-order valence-electron chi connectivity index (χ4n) is 4.19. The number of rotatable bonds is 0. The third-order valence-electron chi connectivity index (χ3n) is 5.30. The van der Waals surface area contributed by atoms with Crippen molar-refractivity contribution in [2.24, 2.45) is 5.41 Å². The Morgan fingerprint density at radius 3 is 2.96 bits per heavy atom. The van der Waals surface area contributed by atoms with Crippen LogP contribution in [0.1, 0.15) is 18.4 Å². The van der Waals surface area contributed by atoms with Crippen molar-refractivity contribution in [1.82, 2.24) is 10.2 Å². The maximum Gasteiger partial charge on any atom is 0.246 e. The topological polar surface area (TPSA) is 52.7 Å². The van der Waals surface area contributed by atoms with Gasteiger partial charge in [0, 0.05) is 30.7 Å². The van der Waals surface area contributed by atoms with E-state index in [4.69, 9.17) is 23.8 Å². The van der Waals surface area contributed by atoms with Crippen molar-refractivity contribution in [1.29, 1.82) is 0 Å². The van der Waals surface area contributed by atoms with Crippen LogP contribution in [0.15, 0.2) is 18.2 Å². The SMILES string of the molecule is CN1C(=O)[C@]2(Cc3c(Cl)cccc3N3CCC[C@H]32)C(=O)NC1=S. The first kappa shape index (κ1) is 14.9. The summed E-state index contributed by atoms with van der Waals surface area (Å²) < 4.78 is 0. The fraction of sp³-hybridized carbons (Fsp3) is 0.438. The first-order valence-corrected chi connectivity index (χ1v) is 8.43. The van der Waals surface area contributed by atoms with E-state index in [-0.39, 0.29) is 23.0 Å². The molecule has 1 spiro atoms. The molecule has 2 amide bonds. The molecule has 120 valence electrons. The molecule has 2 atom stereocenters. The predicted octanol–water partition coefficient (Wildman–Crippen LogP) is 1.72. The summed E-state index contributed by atoms with van der Waals surface area (Å²) in [5.74, 6) is -0.526. The quantitative estimate of drug-likeness (QED) is 0.572. The minimum atomic E-state index is -1.15. The summed E-state index contributed by atoms with van der Waals surface area (Å²) in [4.78, 5) is 29.5. The molecule has 3 aliphatic rings. The molecule has 2 saturated heterocycles. The molecule has 0 aliphatic carbocycles. The second-order valence-corrected chi connectivity index (χ2v) is 7.15. The van der Waals surface area contributed by atoms with Crippen LogP contribution in [0.4, 0.5) is 5.69 Å². The van der Waals surface area contributed by atoms with Crippen LogP contribution in [-0.2, 0) is 16.0 Å². The van der Waals surface area contributed by atoms with Crippen LogP contribution in [0.2, 0.25) is 5.02 Å². The van der Waals surface area contributed by atoms with Gasteiger partial charge in [-0.3, -0.25) is 14.5 Å². The molecule has 4 rings (SSSR count). The summed E-state index contributed by atoms with van der Waals surface area (Å²) in [6, 6.07) is 5.60. The Morgan fingerprint density at radius 2 is 2.17 bits per heavy atom. The molecule has 1 N–H and O–H groups in total. The number of fused-ring (bicyclic) bond motifs is 4. The van der Waals surface area contributed by atoms with Crippen molar-refractivity contribution >= 4 is 46.4 Å². The Hall–Kier alpha value is -1.66. The van der Waals surface area contributed by atoms with Crippen LogP contribution in [-0.4, -0.2) is 41.5 Å². The maximum absolute atomic E-state index is 13.1. The molecule has 3 heterocycles. The van der Waals surface area contributed by atoms with E-state index in [0.29, 0.717) is 11.4 Å². The molecule has 7 heteroatoms. The molecule has 0 unspecified atom stereocenters. The van der Waals surface area contributed by atoms with Crippen LogP contribution in [0.25, 0.3) is 0 Å². The zero-order chi connectivity index (χ0) is 16.4. The largest absolute Gasteiger partial charge is 0.367 e. The van der Waals surface area contributed by atoms with Crippen LogP contribution in [0, 0.1) is 5.41 Å². The number of nitrogens with zero attached hydrogens (tertiary/aromatic N) is 2. The average Bonchev–Trinajstić information content (AvgIpc) is 3.02. The minimum Gasteiger partial charge on any atom is -0.367 e. The van der Waals surface area contributed by atoms with Gasteiger partial charge >= 0.3 is 0 Å². The summed E-state index contributed by atoms with van der Waals surface area (Å²) in [6.45, 7) is 0.828. The van der Waals surface area contributed by atoms with E-state index >= 15 is 0 Å². The summed E-state index contributed by atoms with van der Waals surface area (Å²) in [5.41, 5.74) is 0.769. The van der Waals surface area contributed by atoms with Gasteiger partial charge in [0.25, 0.3) is 0 Å². The first-order chi connectivity index (χ1) is 11.0. The maximum atomic E-state index is 13.1. The normalized spacial score (nSPS) is 29.7. The zero-order valence-corrected chi connectivity index (χ0v) is 14.2. The van der Waals surface area contributed by atoms with Crippen molar-refractivity contribution in [2.45, 2.75) is 25.3 Å². The van der Waals surface area contributed by atoms with Crippen molar-refractivity contribution in [3.63, 3.8) is 0 Å². The number of nitrogens with one attached hydrogen (secondary N) is 1. The molecular formula is C16H16ClN3O2S. The molecule has 0 bridgehead atoms. The third-order valence-corrected chi connectivity index (χ3v) is 6.03. The molecule has 1 aromatic rings. The highest BCUT2D eigenvalue weighted by Crippen LogP contribution is 2.49. The summed E-state index contributed by atoms with van der Waals surface area (Å²) in [6.07, 6.45) is 2.08. The van der Waals surface area contributed by atoms with Gasteiger partial charge in [0.2, 0.25) is 11.8 Å². The van der Waals surface area contributed by atoms with Crippen molar-refractivity contribution in [3.05, 3.63) is 28.8 Å². The molecule has 23 heavy (non-hydrogen) atoms. The Labute approximate surface area is 144 Å². The van der Waals surface area contributed by atoms with Gasteiger partial charge in [0.15, 0.2) is 10.5 Å². The van der Waals surface area contributed by atoms with Gasteiger partial charge in [-0.15, -0.1) is 0 Å². The molecule has 1 aromatic carbocycles. The number of hydrogen-bond donors (Lipinski definition) is 1. The van der Waals surface area contributed by atoms with Crippen LogP contribution in [0.5, 0.6) is 0 Å². The number of anilines is 1. The van der Waals surface area contributed by atoms with Crippen molar-refractivity contribution < 1.29 is 9.59 Å². The minimum absolute atomic E-state index is 0.147. The third kappa shape index (κ3) is 1.82. The van der Waals surface area contributed by atoms with E-state index < -0.39 is 5.41 Å². The molecule has 2 fully saturated rings. The number of hydrogen-bond acceptors (Lipinski definition) is 4. The lowest BCUT2D eigenvalue weighted by molar-refractivity contribution is -0.151. The second-order valence-electron chi connectivity index (χ2n) is 6.36. The van der Waals surface area contributed by atoms with Crippen molar-refractivity contribution in [2.75, 3.05) is 18.5 Å². The van der Waals surface area contributed by atoms with Gasteiger partial charge in [0.05, 0.1) is 6.04 Å². The highest BCUT2D eigenvalue weighted by molar-refractivity contribution is 7.80. The lowest BCUT2D eigenvalue weighted by Crippen LogP contribution is -2.70. The molecule has 0 aromatic heterocycles. The van der Waals surface area contributed by atoms with Gasteiger partial charge in [-0.1, -0.05) is 17.7 Å². The van der Waals surface area contributed by atoms with E-state index in [1.165, 1.54) is 4.90 Å². The van der Waals surface area contributed by atoms with Gasteiger partial charge in [0.1, 0.15) is 0 Å². The number of carbonyl (C=O) groups excluding carboxylic acids is 2. The van der Waals surface area contributed by atoms with Crippen LogP contribution >= 0.6 is 23.8 Å². The molecule has 0 saturated carbocycles. The number of carbonyl (C=O) groups is 2. The molecular weight excluding hydrogens is 334 g/mol. The summed E-state index contributed by atoms with van der Waals surface area (Å²) in [5, 5.41) is 3.48. The molecule has 0 radical (unpaired) electrons. The lowest BCUT2D eigenvalue weighted by atomic mass is 9.68. The standard InChI is InChI=1S/C16H16ClN3O2S/c1-19-14(22)16(13(21)18-15(19)23)8-9-10(17)4-2-5-11(9)20-7-3-6-12(16)20/h2,4-5,12H,3,6-8H2,1H3,(H,18,21,23)/t12-,16-/m0/s1. The van der Waals surface area contributed by atoms with Gasteiger partial charge in [-0.05, 0) is 42.8 Å². The van der Waals surface area contributed by atoms with Crippen LogP contribution < -0.4 is 10.2 Å². The fourth-order valence-corrected chi connectivity index (χ4v) is 4.60. The first-order valence-electron chi connectivity index (χ1n) is 7.64. The molecule has 3 aliphatic heterocycles. The highest BCUT2D eigenvalue weighted by atomic mass is 35.5. The summed E-state index contributed by atoms with van der Waals surface area (Å²) >= 11 is 11.5. The van der Waals surface area contributed by atoms with Crippen LogP contribution in [0.3, 0.4) is 0 Å². The second kappa shape index (κ2) is 4.92. The van der Waals surface area contributed by atoms with E-state index in [9.17, 15) is 9.59 Å². The van der Waals surface area contributed by atoms with Crippen molar-refractivity contribution in [3.8, 4) is 0 Å². The van der Waals surface area contributed by atoms with E-state index in [2.05, 4.69) is 10.2 Å². The van der Waals surface area contributed by atoms with E-state index in [1.54, 1.807) is 7.05 Å². The molecule has 5 nitrogen and oxygen atoms in total. The Bertz CT molecular complexity index is 753. The van der Waals surface area contributed by atoms with E-state index in [1.807, 2.05) is 18.2 Å². The number of halogens is 1. The lowest BCUT2D eigenvalue weighted by Gasteiger charge is -2.49.